The Morgan fingerprint density at radius 1 is 1.09 bits per heavy atom. The number of hydrogen-bond donors (Lipinski definition) is 1. The summed E-state index contributed by atoms with van der Waals surface area (Å²) in [6.07, 6.45) is 1.87. The van der Waals surface area contributed by atoms with E-state index in [0.29, 0.717) is 11.4 Å². The highest BCUT2D eigenvalue weighted by atomic mass is 32.2. The number of nitrogens with zero attached hydrogens (tertiary/aromatic N) is 1. The predicted octanol–water partition coefficient (Wildman–Crippen LogP) is 3.30. The average Bonchev–Trinajstić information content (AvgIpc) is 2.90. The zero-order valence-corrected chi connectivity index (χ0v) is 13.4. The molecule has 0 amide bonds. The summed E-state index contributed by atoms with van der Waals surface area (Å²) in [4.78, 5) is 3.50. The quantitative estimate of drug-likeness (QED) is 0.803. The Morgan fingerprint density at radius 3 is 2.64 bits per heavy atom. The monoisotopic (exact) mass is 314 g/mol. The summed E-state index contributed by atoms with van der Waals surface area (Å²) in [5, 5.41) is 1.05. The van der Waals surface area contributed by atoms with Gasteiger partial charge in [-0.1, -0.05) is 30.3 Å². The standard InChI is InChI=1S/C17H18N2O2S/c1-13-6-5-7-15(10-13)22(20,21)19(2)12-14-11-18-17-9-4-3-8-16(14)17/h3-11,18H,12H2,1-2H3. The highest BCUT2D eigenvalue weighted by Crippen LogP contribution is 2.22. The normalized spacial score (nSPS) is 12.1. The van der Waals surface area contributed by atoms with Gasteiger partial charge in [0, 0.05) is 30.7 Å². The largest absolute Gasteiger partial charge is 0.361 e. The topological polar surface area (TPSA) is 53.2 Å². The molecule has 0 saturated heterocycles. The van der Waals surface area contributed by atoms with Crippen LogP contribution in [-0.2, 0) is 16.6 Å². The van der Waals surface area contributed by atoms with E-state index < -0.39 is 10.0 Å². The van der Waals surface area contributed by atoms with Crippen molar-refractivity contribution in [2.75, 3.05) is 7.05 Å². The second kappa shape index (κ2) is 5.59. The van der Waals surface area contributed by atoms with Crippen LogP contribution >= 0.6 is 0 Å². The molecule has 3 aromatic rings. The van der Waals surface area contributed by atoms with Crippen molar-refractivity contribution < 1.29 is 8.42 Å². The molecule has 0 bridgehead atoms. The van der Waals surface area contributed by atoms with Crippen molar-refractivity contribution >= 4 is 20.9 Å². The van der Waals surface area contributed by atoms with Crippen molar-refractivity contribution in [3.8, 4) is 0 Å². The Bertz CT molecular complexity index is 913. The lowest BCUT2D eigenvalue weighted by Gasteiger charge is -2.17. The number of fused-ring (bicyclic) bond motifs is 1. The van der Waals surface area contributed by atoms with Gasteiger partial charge in [-0.25, -0.2) is 8.42 Å². The first-order valence-electron chi connectivity index (χ1n) is 7.06. The van der Waals surface area contributed by atoms with Crippen LogP contribution in [-0.4, -0.2) is 24.8 Å². The van der Waals surface area contributed by atoms with Crippen LogP contribution in [0, 0.1) is 6.92 Å². The highest BCUT2D eigenvalue weighted by Gasteiger charge is 2.21. The zero-order valence-electron chi connectivity index (χ0n) is 12.6. The molecule has 0 radical (unpaired) electrons. The number of H-pyrrole nitrogens is 1. The van der Waals surface area contributed by atoms with E-state index in [9.17, 15) is 8.42 Å². The Balaban J connectivity index is 1.92. The van der Waals surface area contributed by atoms with Crippen LogP contribution in [0.3, 0.4) is 0 Å². The van der Waals surface area contributed by atoms with Crippen molar-refractivity contribution in [3.05, 3.63) is 65.9 Å². The number of nitrogens with one attached hydrogen (secondary N) is 1. The van der Waals surface area contributed by atoms with Gasteiger partial charge in [0.05, 0.1) is 4.90 Å². The molecule has 1 N–H and O–H groups in total. The molecule has 0 spiro atoms. The van der Waals surface area contributed by atoms with Crippen LogP contribution < -0.4 is 0 Å². The van der Waals surface area contributed by atoms with Crippen LogP contribution in [0.25, 0.3) is 10.9 Å². The maximum atomic E-state index is 12.7. The molecule has 0 fully saturated rings. The van der Waals surface area contributed by atoms with E-state index in [2.05, 4.69) is 4.98 Å². The second-order valence-electron chi connectivity index (χ2n) is 5.44. The van der Waals surface area contributed by atoms with Crippen molar-refractivity contribution in [3.63, 3.8) is 0 Å². The lowest BCUT2D eigenvalue weighted by Crippen LogP contribution is -2.26. The first-order chi connectivity index (χ1) is 10.5. The number of aryl methyl sites for hydroxylation is 1. The molecular formula is C17H18N2O2S. The van der Waals surface area contributed by atoms with Gasteiger partial charge in [0.25, 0.3) is 0 Å². The van der Waals surface area contributed by atoms with E-state index in [0.717, 1.165) is 22.0 Å². The van der Waals surface area contributed by atoms with Gasteiger partial charge in [0.15, 0.2) is 0 Å². The molecule has 0 aliphatic carbocycles. The summed E-state index contributed by atoms with van der Waals surface area (Å²) < 4.78 is 26.7. The molecule has 0 unspecified atom stereocenters. The number of hydrogen-bond acceptors (Lipinski definition) is 2. The predicted molar refractivity (Wildman–Crippen MR) is 88.1 cm³/mol. The molecule has 22 heavy (non-hydrogen) atoms. The molecular weight excluding hydrogens is 296 g/mol. The maximum absolute atomic E-state index is 12.7. The Hall–Kier alpha value is -2.11. The molecule has 0 atom stereocenters. The summed E-state index contributed by atoms with van der Waals surface area (Å²) in [6.45, 7) is 2.22. The SMILES string of the molecule is Cc1cccc(S(=O)(=O)N(C)Cc2c[nH]c3ccccc23)c1. The molecule has 1 heterocycles. The molecule has 0 aliphatic heterocycles. The fourth-order valence-corrected chi connectivity index (χ4v) is 3.80. The second-order valence-corrected chi connectivity index (χ2v) is 7.48. The van der Waals surface area contributed by atoms with Crippen molar-refractivity contribution in [1.82, 2.24) is 9.29 Å². The number of para-hydroxylation sites is 1. The highest BCUT2D eigenvalue weighted by molar-refractivity contribution is 7.89. The lowest BCUT2D eigenvalue weighted by atomic mass is 10.2. The van der Waals surface area contributed by atoms with Crippen molar-refractivity contribution in [2.24, 2.45) is 0 Å². The van der Waals surface area contributed by atoms with Gasteiger partial charge in [-0.3, -0.25) is 0 Å². The fraction of sp³-hybridized carbons (Fsp3) is 0.176. The van der Waals surface area contributed by atoms with Crippen molar-refractivity contribution in [2.45, 2.75) is 18.4 Å². The Kier molecular flexibility index (Phi) is 3.76. The minimum atomic E-state index is -3.49. The number of sulfonamides is 1. The van der Waals surface area contributed by atoms with Crippen molar-refractivity contribution in [1.29, 1.82) is 0 Å². The molecule has 0 aliphatic rings. The van der Waals surface area contributed by atoms with Crippen LogP contribution in [0.1, 0.15) is 11.1 Å². The fourth-order valence-electron chi connectivity index (χ4n) is 2.54. The van der Waals surface area contributed by atoms with E-state index in [4.69, 9.17) is 0 Å². The average molecular weight is 314 g/mol. The van der Waals surface area contributed by atoms with Gasteiger partial charge >= 0.3 is 0 Å². The first kappa shape index (κ1) is 14.8. The molecule has 2 aromatic carbocycles. The summed E-state index contributed by atoms with van der Waals surface area (Å²) in [5.41, 5.74) is 2.91. The minimum absolute atomic E-state index is 0.329. The lowest BCUT2D eigenvalue weighted by molar-refractivity contribution is 0.468. The smallest absolute Gasteiger partial charge is 0.243 e. The van der Waals surface area contributed by atoms with E-state index in [1.807, 2.05) is 43.5 Å². The van der Waals surface area contributed by atoms with Gasteiger partial charge in [0.2, 0.25) is 10.0 Å². The van der Waals surface area contributed by atoms with E-state index >= 15 is 0 Å². The minimum Gasteiger partial charge on any atom is -0.361 e. The van der Waals surface area contributed by atoms with Crippen LogP contribution in [0.4, 0.5) is 0 Å². The van der Waals surface area contributed by atoms with Crippen LogP contribution in [0.2, 0.25) is 0 Å². The maximum Gasteiger partial charge on any atom is 0.243 e. The summed E-state index contributed by atoms with van der Waals surface area (Å²) in [7, 11) is -1.88. The summed E-state index contributed by atoms with van der Waals surface area (Å²) >= 11 is 0. The number of aromatic nitrogens is 1. The Labute approximate surface area is 130 Å². The van der Waals surface area contributed by atoms with Gasteiger partial charge in [-0.2, -0.15) is 4.31 Å². The molecule has 4 nitrogen and oxygen atoms in total. The summed E-state index contributed by atoms with van der Waals surface area (Å²) in [6, 6.07) is 14.9. The zero-order chi connectivity index (χ0) is 15.7. The molecule has 0 saturated carbocycles. The third-order valence-electron chi connectivity index (χ3n) is 3.77. The van der Waals surface area contributed by atoms with Gasteiger partial charge < -0.3 is 4.98 Å². The Morgan fingerprint density at radius 2 is 1.86 bits per heavy atom. The number of rotatable bonds is 4. The summed E-state index contributed by atoms with van der Waals surface area (Å²) in [5.74, 6) is 0. The third kappa shape index (κ3) is 2.65. The molecule has 3 rings (SSSR count). The van der Waals surface area contributed by atoms with Gasteiger partial charge in [0.1, 0.15) is 0 Å². The van der Waals surface area contributed by atoms with Crippen LogP contribution in [0.15, 0.2) is 59.6 Å². The van der Waals surface area contributed by atoms with E-state index in [1.54, 1.807) is 25.2 Å². The van der Waals surface area contributed by atoms with E-state index in [-0.39, 0.29) is 0 Å². The first-order valence-corrected chi connectivity index (χ1v) is 8.50. The molecule has 1 aromatic heterocycles. The molecule has 114 valence electrons. The number of benzene rings is 2. The van der Waals surface area contributed by atoms with Gasteiger partial charge in [-0.05, 0) is 36.2 Å². The number of aromatic amines is 1. The van der Waals surface area contributed by atoms with Crippen LogP contribution in [0.5, 0.6) is 0 Å². The third-order valence-corrected chi connectivity index (χ3v) is 5.57. The van der Waals surface area contributed by atoms with E-state index in [1.165, 1.54) is 4.31 Å². The molecule has 5 heteroatoms. The van der Waals surface area contributed by atoms with Gasteiger partial charge in [-0.15, -0.1) is 0 Å².